The van der Waals surface area contributed by atoms with Gasteiger partial charge in [-0.3, -0.25) is 4.90 Å². The van der Waals surface area contributed by atoms with E-state index in [-0.39, 0.29) is 12.4 Å². The fourth-order valence-corrected chi connectivity index (χ4v) is 3.32. The van der Waals surface area contributed by atoms with Crippen LogP contribution in [-0.2, 0) is 13.1 Å². The quantitative estimate of drug-likeness (QED) is 0.562. The molecular weight excluding hydrogens is 365 g/mol. The second-order valence-corrected chi connectivity index (χ2v) is 7.45. The average Bonchev–Trinajstić information content (AvgIpc) is 2.71. The fourth-order valence-electron chi connectivity index (χ4n) is 3.32. The maximum Gasteiger partial charge on any atom is 0.123 e. The highest BCUT2D eigenvalue weighted by Crippen LogP contribution is 2.18. The minimum absolute atomic E-state index is 0.221. The van der Waals surface area contributed by atoms with Gasteiger partial charge in [0.15, 0.2) is 0 Å². The third-order valence-electron chi connectivity index (χ3n) is 4.97. The van der Waals surface area contributed by atoms with Crippen LogP contribution in [0.4, 0.5) is 4.39 Å². The smallest absolute Gasteiger partial charge is 0.123 e. The van der Waals surface area contributed by atoms with E-state index in [1.807, 2.05) is 43.3 Å². The van der Waals surface area contributed by atoms with Gasteiger partial charge in [-0.2, -0.15) is 0 Å². The molecule has 0 bridgehead atoms. The van der Waals surface area contributed by atoms with Gasteiger partial charge in [-0.25, -0.2) is 4.39 Å². The van der Waals surface area contributed by atoms with Gasteiger partial charge < -0.3 is 9.84 Å². The van der Waals surface area contributed by atoms with Crippen LogP contribution in [-0.4, -0.2) is 29.3 Å². The standard InChI is InChI=1S/C25H28FNO2/c1-19-7-3-5-9-22(19)16-27(15-21-11-13-23(26)14-12-21)17-24(28)18-29-25-10-6-4-8-20(25)2/h3-14,24,28H,15-18H2,1-2H3. The molecule has 0 saturated carbocycles. The summed E-state index contributed by atoms with van der Waals surface area (Å²) in [6.45, 7) is 6.07. The Labute approximate surface area is 172 Å². The van der Waals surface area contributed by atoms with Crippen LogP contribution in [0.15, 0.2) is 72.8 Å². The van der Waals surface area contributed by atoms with Gasteiger partial charge in [0.05, 0.1) is 0 Å². The molecule has 0 saturated heterocycles. The molecule has 0 spiro atoms. The first kappa shape index (κ1) is 21.0. The zero-order valence-electron chi connectivity index (χ0n) is 17.0. The van der Waals surface area contributed by atoms with E-state index in [0.29, 0.717) is 19.6 Å². The number of aliphatic hydroxyl groups excluding tert-OH is 1. The largest absolute Gasteiger partial charge is 0.491 e. The van der Waals surface area contributed by atoms with E-state index in [0.717, 1.165) is 16.9 Å². The SMILES string of the molecule is Cc1ccccc1CN(Cc1ccc(F)cc1)CC(O)COc1ccccc1C. The number of nitrogens with zero attached hydrogens (tertiary/aromatic N) is 1. The molecule has 3 aromatic rings. The van der Waals surface area contributed by atoms with Crippen molar-refractivity contribution in [2.24, 2.45) is 0 Å². The summed E-state index contributed by atoms with van der Waals surface area (Å²) in [4.78, 5) is 2.17. The van der Waals surface area contributed by atoms with Crippen molar-refractivity contribution in [1.82, 2.24) is 4.90 Å². The van der Waals surface area contributed by atoms with E-state index in [1.165, 1.54) is 23.3 Å². The van der Waals surface area contributed by atoms with Crippen molar-refractivity contribution in [3.63, 3.8) is 0 Å². The highest BCUT2D eigenvalue weighted by Gasteiger charge is 2.15. The first-order valence-corrected chi connectivity index (χ1v) is 9.89. The van der Waals surface area contributed by atoms with Crippen molar-refractivity contribution in [2.45, 2.75) is 33.0 Å². The van der Waals surface area contributed by atoms with E-state index in [2.05, 4.69) is 24.0 Å². The van der Waals surface area contributed by atoms with Crippen molar-refractivity contribution in [2.75, 3.05) is 13.2 Å². The number of hydrogen-bond donors (Lipinski definition) is 1. The highest BCUT2D eigenvalue weighted by molar-refractivity contribution is 5.31. The Balaban J connectivity index is 1.67. The topological polar surface area (TPSA) is 32.7 Å². The van der Waals surface area contributed by atoms with Gasteiger partial charge >= 0.3 is 0 Å². The Morgan fingerprint density at radius 2 is 1.52 bits per heavy atom. The summed E-state index contributed by atoms with van der Waals surface area (Å²) in [5, 5.41) is 10.6. The number of benzene rings is 3. The van der Waals surface area contributed by atoms with Crippen LogP contribution in [0.25, 0.3) is 0 Å². The summed E-state index contributed by atoms with van der Waals surface area (Å²) in [6.07, 6.45) is -0.640. The van der Waals surface area contributed by atoms with Crippen molar-refractivity contribution in [3.8, 4) is 5.75 Å². The third-order valence-corrected chi connectivity index (χ3v) is 4.97. The first-order valence-electron chi connectivity index (χ1n) is 9.89. The van der Waals surface area contributed by atoms with Crippen molar-refractivity contribution in [1.29, 1.82) is 0 Å². The zero-order valence-corrected chi connectivity index (χ0v) is 17.0. The Morgan fingerprint density at radius 1 is 0.862 bits per heavy atom. The Kier molecular flexibility index (Phi) is 7.39. The van der Waals surface area contributed by atoms with Crippen LogP contribution in [0.3, 0.4) is 0 Å². The Bertz CT molecular complexity index is 911. The lowest BCUT2D eigenvalue weighted by molar-refractivity contribution is 0.0625. The average molecular weight is 394 g/mol. The summed E-state index contributed by atoms with van der Waals surface area (Å²) >= 11 is 0. The van der Waals surface area contributed by atoms with Gasteiger partial charge in [-0.1, -0.05) is 54.6 Å². The molecule has 0 radical (unpaired) electrons. The lowest BCUT2D eigenvalue weighted by Crippen LogP contribution is -2.35. The molecule has 152 valence electrons. The Hall–Kier alpha value is -2.69. The van der Waals surface area contributed by atoms with Gasteiger partial charge in [0.1, 0.15) is 24.3 Å². The molecule has 0 heterocycles. The molecule has 0 fully saturated rings. The van der Waals surface area contributed by atoms with Crippen LogP contribution < -0.4 is 4.74 Å². The van der Waals surface area contributed by atoms with E-state index < -0.39 is 6.10 Å². The van der Waals surface area contributed by atoms with Crippen molar-refractivity contribution < 1.29 is 14.2 Å². The maximum absolute atomic E-state index is 13.3. The van der Waals surface area contributed by atoms with Crippen molar-refractivity contribution >= 4 is 0 Å². The molecule has 0 amide bonds. The van der Waals surface area contributed by atoms with E-state index >= 15 is 0 Å². The van der Waals surface area contributed by atoms with Crippen LogP contribution in [0.1, 0.15) is 22.3 Å². The van der Waals surface area contributed by atoms with Gasteiger partial charge in [0, 0.05) is 19.6 Å². The lowest BCUT2D eigenvalue weighted by Gasteiger charge is -2.26. The molecule has 1 N–H and O–H groups in total. The molecule has 3 aromatic carbocycles. The second kappa shape index (κ2) is 10.2. The summed E-state index contributed by atoms with van der Waals surface area (Å²) in [5.41, 5.74) is 4.47. The van der Waals surface area contributed by atoms with E-state index in [9.17, 15) is 9.50 Å². The predicted molar refractivity (Wildman–Crippen MR) is 114 cm³/mol. The molecule has 0 aromatic heterocycles. The highest BCUT2D eigenvalue weighted by atomic mass is 19.1. The molecular formula is C25H28FNO2. The first-order chi connectivity index (χ1) is 14.0. The van der Waals surface area contributed by atoms with Crippen molar-refractivity contribution in [3.05, 3.63) is 101 Å². The van der Waals surface area contributed by atoms with E-state index in [4.69, 9.17) is 4.74 Å². The number of para-hydroxylation sites is 1. The monoisotopic (exact) mass is 393 g/mol. The summed E-state index contributed by atoms with van der Waals surface area (Å²) in [6, 6.07) is 22.5. The second-order valence-electron chi connectivity index (χ2n) is 7.45. The van der Waals surface area contributed by atoms with E-state index in [1.54, 1.807) is 12.1 Å². The summed E-state index contributed by atoms with van der Waals surface area (Å²) < 4.78 is 19.1. The van der Waals surface area contributed by atoms with Gasteiger partial charge in [-0.05, 0) is 54.3 Å². The normalized spacial score (nSPS) is 12.2. The molecule has 0 aliphatic rings. The van der Waals surface area contributed by atoms with Gasteiger partial charge in [0.2, 0.25) is 0 Å². The minimum Gasteiger partial charge on any atom is -0.491 e. The molecule has 1 atom stereocenters. The number of rotatable bonds is 9. The molecule has 3 nitrogen and oxygen atoms in total. The fraction of sp³-hybridized carbons (Fsp3) is 0.280. The number of aliphatic hydroxyl groups is 1. The molecule has 29 heavy (non-hydrogen) atoms. The van der Waals surface area contributed by atoms with Crippen LogP contribution in [0.5, 0.6) is 5.75 Å². The zero-order chi connectivity index (χ0) is 20.6. The minimum atomic E-state index is -0.640. The van der Waals surface area contributed by atoms with Gasteiger partial charge in [-0.15, -0.1) is 0 Å². The van der Waals surface area contributed by atoms with Crippen LogP contribution >= 0.6 is 0 Å². The molecule has 4 heteroatoms. The number of aryl methyl sites for hydroxylation is 2. The molecule has 3 rings (SSSR count). The number of hydrogen-bond acceptors (Lipinski definition) is 3. The number of halogens is 1. The summed E-state index contributed by atoms with van der Waals surface area (Å²) in [5.74, 6) is 0.543. The van der Waals surface area contributed by atoms with Gasteiger partial charge in [0.25, 0.3) is 0 Å². The Morgan fingerprint density at radius 3 is 2.21 bits per heavy atom. The van der Waals surface area contributed by atoms with Crippen LogP contribution in [0, 0.1) is 19.7 Å². The predicted octanol–water partition coefficient (Wildman–Crippen LogP) is 4.88. The lowest BCUT2D eigenvalue weighted by atomic mass is 10.1. The molecule has 0 aliphatic carbocycles. The molecule has 0 aliphatic heterocycles. The number of ether oxygens (including phenoxy) is 1. The summed E-state index contributed by atoms with van der Waals surface area (Å²) in [7, 11) is 0. The maximum atomic E-state index is 13.3. The third kappa shape index (κ3) is 6.41. The molecule has 1 unspecified atom stereocenters. The van der Waals surface area contributed by atoms with Crippen LogP contribution in [0.2, 0.25) is 0 Å².